The second-order valence-corrected chi connectivity index (χ2v) is 10.6. The van der Waals surface area contributed by atoms with E-state index in [-0.39, 0.29) is 41.8 Å². The molecule has 44 heavy (non-hydrogen) atoms. The maximum absolute atomic E-state index is 13.8. The van der Waals surface area contributed by atoms with Gasteiger partial charge in [-0.15, -0.1) is 0 Å². The van der Waals surface area contributed by atoms with E-state index in [2.05, 4.69) is 21.7 Å². The van der Waals surface area contributed by atoms with Crippen molar-refractivity contribution < 1.29 is 23.1 Å². The van der Waals surface area contributed by atoms with Crippen molar-refractivity contribution in [2.75, 3.05) is 11.9 Å². The maximum atomic E-state index is 13.8. The van der Waals surface area contributed by atoms with E-state index >= 15 is 0 Å². The van der Waals surface area contributed by atoms with Gasteiger partial charge < -0.3 is 25.2 Å². The molecule has 0 aliphatic carbocycles. The number of thiocarbonyl (C=S) groups is 1. The summed E-state index contributed by atoms with van der Waals surface area (Å²) in [5.74, 6) is -0.212. The molecule has 0 saturated heterocycles. The summed E-state index contributed by atoms with van der Waals surface area (Å²) in [4.78, 5) is 18.9. The summed E-state index contributed by atoms with van der Waals surface area (Å²) in [6.45, 7) is 2.33. The number of imidazole rings is 1. The van der Waals surface area contributed by atoms with Crippen LogP contribution in [-0.4, -0.2) is 43.2 Å². The van der Waals surface area contributed by atoms with E-state index in [9.17, 15) is 23.1 Å². The number of halogens is 3. The quantitative estimate of drug-likeness (QED) is 0.142. The molecule has 3 aromatic carbocycles. The minimum Gasteiger partial charge on any atom is -0.508 e. The van der Waals surface area contributed by atoms with Crippen LogP contribution in [0.15, 0.2) is 85.3 Å². The summed E-state index contributed by atoms with van der Waals surface area (Å²) in [6, 6.07) is 20.2. The van der Waals surface area contributed by atoms with Gasteiger partial charge in [0, 0.05) is 43.3 Å². The van der Waals surface area contributed by atoms with E-state index in [1.807, 2.05) is 23.6 Å². The third-order valence-corrected chi connectivity index (χ3v) is 7.32. The number of anilines is 1. The average molecular weight is 621 g/mol. The van der Waals surface area contributed by atoms with E-state index in [0.29, 0.717) is 29.9 Å². The van der Waals surface area contributed by atoms with Gasteiger partial charge in [-0.2, -0.15) is 18.4 Å². The molecule has 0 fully saturated rings. The Morgan fingerprint density at radius 1 is 1.11 bits per heavy atom. The molecule has 0 unspecified atom stereocenters. The highest BCUT2D eigenvalue weighted by Gasteiger charge is 2.33. The lowest BCUT2D eigenvalue weighted by molar-refractivity contribution is -0.138. The third-order valence-electron chi connectivity index (χ3n) is 6.96. The Labute approximate surface area is 258 Å². The molecule has 0 aliphatic heterocycles. The van der Waals surface area contributed by atoms with Crippen LogP contribution in [0.25, 0.3) is 0 Å². The fourth-order valence-electron chi connectivity index (χ4n) is 4.61. The topological polar surface area (TPSA) is 106 Å². The van der Waals surface area contributed by atoms with Crippen molar-refractivity contribution in [2.24, 2.45) is 0 Å². The lowest BCUT2D eigenvalue weighted by atomic mass is 10.1. The first-order valence-electron chi connectivity index (χ1n) is 13.8. The van der Waals surface area contributed by atoms with Crippen molar-refractivity contribution in [3.05, 3.63) is 113 Å². The molecule has 0 radical (unpaired) electrons. The molecule has 228 valence electrons. The van der Waals surface area contributed by atoms with Gasteiger partial charge in [-0.1, -0.05) is 37.3 Å². The zero-order chi connectivity index (χ0) is 31.7. The van der Waals surface area contributed by atoms with Crippen LogP contribution in [0.3, 0.4) is 0 Å². The number of carbonyl (C=O) groups is 1. The number of hydrogen-bond acceptors (Lipinski definition) is 5. The zero-order valence-corrected chi connectivity index (χ0v) is 24.7. The number of phenolic OH excluding ortho intramolecular Hbond substituents is 1. The van der Waals surface area contributed by atoms with Crippen molar-refractivity contribution in [1.82, 2.24) is 19.8 Å². The molecular formula is C32H31F3N6O2S. The number of rotatable bonds is 11. The van der Waals surface area contributed by atoms with Gasteiger partial charge >= 0.3 is 6.18 Å². The van der Waals surface area contributed by atoms with Gasteiger partial charge in [-0.05, 0) is 72.2 Å². The van der Waals surface area contributed by atoms with E-state index in [1.54, 1.807) is 47.8 Å². The number of carbonyl (C=O) groups excluding carboxylic acids is 1. The summed E-state index contributed by atoms with van der Waals surface area (Å²) in [5.41, 5.74) is 2.02. The van der Waals surface area contributed by atoms with Gasteiger partial charge in [-0.3, -0.25) is 4.79 Å². The molecule has 3 N–H and O–H groups in total. The first-order chi connectivity index (χ1) is 21.0. The van der Waals surface area contributed by atoms with E-state index < -0.39 is 17.8 Å². The summed E-state index contributed by atoms with van der Waals surface area (Å²) in [7, 11) is 0. The first kappa shape index (κ1) is 32.0. The second kappa shape index (κ2) is 14.5. The number of nitriles is 1. The fraction of sp³-hybridized carbons (Fsp3) is 0.250. The largest absolute Gasteiger partial charge is 0.508 e. The fourth-order valence-corrected chi connectivity index (χ4v) is 4.87. The Balaban J connectivity index is 1.48. The molecule has 1 aromatic heterocycles. The third kappa shape index (κ3) is 8.81. The number of aromatic nitrogens is 2. The van der Waals surface area contributed by atoms with Gasteiger partial charge in [0.2, 0.25) is 5.91 Å². The molecule has 4 aromatic rings. The monoisotopic (exact) mass is 620 g/mol. The van der Waals surface area contributed by atoms with Gasteiger partial charge in [-0.25, -0.2) is 4.98 Å². The van der Waals surface area contributed by atoms with Crippen LogP contribution in [-0.2, 0) is 30.5 Å². The van der Waals surface area contributed by atoms with Crippen LogP contribution in [0.5, 0.6) is 5.75 Å². The Morgan fingerprint density at radius 2 is 1.82 bits per heavy atom. The molecule has 0 saturated carbocycles. The molecule has 0 spiro atoms. The molecule has 8 nitrogen and oxygen atoms in total. The van der Waals surface area contributed by atoms with Crippen LogP contribution in [0.4, 0.5) is 18.9 Å². The standard InChI is InChI=1S/C32H31F3N6O2S/c1-2-25(38-30(43)15-27-17-37-21-41(27)18-23-9-7-22(16-36)8-10-23)20-40(31(44)39-26-11-13-28(42)14-12-26)19-24-5-3-4-6-29(24)32(33,34)35/h3-14,17,21,25,42H,2,15,18-20H2,1H3,(H,38,43)(H,39,44)/t25-/m0/s1. The highest BCUT2D eigenvalue weighted by Crippen LogP contribution is 2.32. The van der Waals surface area contributed by atoms with E-state index in [4.69, 9.17) is 17.5 Å². The number of nitrogens with zero attached hydrogens (tertiary/aromatic N) is 4. The number of nitrogens with one attached hydrogen (secondary N) is 2. The Morgan fingerprint density at radius 3 is 2.48 bits per heavy atom. The van der Waals surface area contributed by atoms with Crippen molar-refractivity contribution in [3.8, 4) is 11.8 Å². The number of amides is 1. The van der Waals surface area contributed by atoms with Crippen LogP contribution >= 0.6 is 12.2 Å². The Hall–Kier alpha value is -4.89. The predicted molar refractivity (Wildman–Crippen MR) is 165 cm³/mol. The summed E-state index contributed by atoms with van der Waals surface area (Å²) in [5, 5.41) is 24.8. The van der Waals surface area contributed by atoms with Gasteiger partial charge in [0.25, 0.3) is 0 Å². The van der Waals surface area contributed by atoms with Gasteiger partial charge in [0.1, 0.15) is 5.75 Å². The van der Waals surface area contributed by atoms with Crippen molar-refractivity contribution in [1.29, 1.82) is 5.26 Å². The first-order valence-corrected chi connectivity index (χ1v) is 14.2. The summed E-state index contributed by atoms with van der Waals surface area (Å²) >= 11 is 5.62. The van der Waals surface area contributed by atoms with E-state index in [0.717, 1.165) is 11.6 Å². The van der Waals surface area contributed by atoms with Crippen molar-refractivity contribution in [2.45, 2.75) is 45.1 Å². The van der Waals surface area contributed by atoms with Crippen LogP contribution in [0, 0.1) is 11.3 Å². The molecular weight excluding hydrogens is 589 g/mol. The normalized spacial score (nSPS) is 11.8. The number of hydrogen-bond donors (Lipinski definition) is 3. The zero-order valence-electron chi connectivity index (χ0n) is 23.9. The minimum atomic E-state index is -4.55. The van der Waals surface area contributed by atoms with Gasteiger partial charge in [0.15, 0.2) is 5.11 Å². The number of phenols is 1. The van der Waals surface area contributed by atoms with Crippen molar-refractivity contribution >= 4 is 28.9 Å². The van der Waals surface area contributed by atoms with Crippen molar-refractivity contribution in [3.63, 3.8) is 0 Å². The maximum Gasteiger partial charge on any atom is 0.416 e. The Bertz CT molecular complexity index is 1610. The smallest absolute Gasteiger partial charge is 0.416 e. The number of alkyl halides is 3. The number of aromatic hydroxyl groups is 1. The lowest BCUT2D eigenvalue weighted by Gasteiger charge is -2.31. The molecule has 0 bridgehead atoms. The lowest BCUT2D eigenvalue weighted by Crippen LogP contribution is -2.47. The predicted octanol–water partition coefficient (Wildman–Crippen LogP) is 5.86. The Kier molecular flexibility index (Phi) is 10.6. The molecule has 12 heteroatoms. The van der Waals surface area contributed by atoms with Gasteiger partial charge in [0.05, 0.1) is 29.9 Å². The molecule has 4 rings (SSSR count). The molecule has 1 atom stereocenters. The van der Waals surface area contributed by atoms with Crippen LogP contribution < -0.4 is 10.6 Å². The van der Waals surface area contributed by atoms with Crippen LogP contribution in [0.2, 0.25) is 0 Å². The number of benzene rings is 3. The molecule has 0 aliphatic rings. The summed E-state index contributed by atoms with van der Waals surface area (Å²) in [6.07, 6.45) is -0.768. The summed E-state index contributed by atoms with van der Waals surface area (Å²) < 4.78 is 43.3. The molecule has 1 amide bonds. The molecule has 1 heterocycles. The minimum absolute atomic E-state index is 0.0416. The highest BCUT2D eigenvalue weighted by atomic mass is 32.1. The highest BCUT2D eigenvalue weighted by molar-refractivity contribution is 7.80. The van der Waals surface area contributed by atoms with E-state index in [1.165, 1.54) is 24.3 Å². The average Bonchev–Trinajstić information content (AvgIpc) is 3.43. The van der Waals surface area contributed by atoms with Crippen LogP contribution in [0.1, 0.15) is 41.3 Å². The second-order valence-electron chi connectivity index (χ2n) is 10.2. The SMILES string of the molecule is CC[C@@H](CN(Cc1ccccc1C(F)(F)F)C(=S)Nc1ccc(O)cc1)NC(=O)Cc1cncn1Cc1ccc(C#N)cc1.